The second-order valence-electron chi connectivity index (χ2n) is 5.57. The number of alkyl halides is 4. The molecule has 11 heteroatoms. The van der Waals surface area contributed by atoms with Gasteiger partial charge in [0.2, 0.25) is 0 Å². The number of hydrogen-bond acceptors (Lipinski definition) is 3. The molecule has 1 heterocycles. The summed E-state index contributed by atoms with van der Waals surface area (Å²) in [5.74, 6) is -4.68. The minimum atomic E-state index is -3.12. The fraction of sp³-hybridized carbons (Fsp3) is 0.278. The average molecular weight is 428 g/mol. The van der Waals surface area contributed by atoms with Crippen LogP contribution in [0.1, 0.15) is 46.2 Å². The van der Waals surface area contributed by atoms with Gasteiger partial charge in [-0.05, 0) is 12.1 Å². The van der Waals surface area contributed by atoms with E-state index in [4.69, 9.17) is 9.47 Å². The average Bonchev–Trinajstić information content (AvgIpc) is 3.14. The van der Waals surface area contributed by atoms with Crippen molar-refractivity contribution >= 4 is 6.29 Å². The lowest BCUT2D eigenvalue weighted by Gasteiger charge is -2.15. The molecule has 0 saturated carbocycles. The van der Waals surface area contributed by atoms with Crippen LogP contribution >= 0.6 is 0 Å². The number of rotatable bonds is 4. The predicted molar refractivity (Wildman–Crippen MR) is 82.7 cm³/mol. The molecular formula is C18H12F8O3. The van der Waals surface area contributed by atoms with Crippen LogP contribution in [0.3, 0.4) is 0 Å². The Morgan fingerprint density at radius 2 is 1.28 bits per heavy atom. The first-order chi connectivity index (χ1) is 13.6. The van der Waals surface area contributed by atoms with E-state index in [1.807, 2.05) is 0 Å². The quantitative estimate of drug-likeness (QED) is 0.466. The highest BCUT2D eigenvalue weighted by molar-refractivity contribution is 5.77. The van der Waals surface area contributed by atoms with E-state index in [0.717, 1.165) is 6.07 Å². The van der Waals surface area contributed by atoms with Crippen molar-refractivity contribution < 1.29 is 49.4 Å². The summed E-state index contributed by atoms with van der Waals surface area (Å²) in [7, 11) is 0. The molecule has 0 unspecified atom stereocenters. The fourth-order valence-corrected chi connectivity index (χ4v) is 2.50. The van der Waals surface area contributed by atoms with Gasteiger partial charge in [-0.15, -0.1) is 0 Å². The Kier molecular flexibility index (Phi) is 7.68. The van der Waals surface area contributed by atoms with Crippen LogP contribution in [0, 0.1) is 23.3 Å². The van der Waals surface area contributed by atoms with E-state index in [9.17, 15) is 39.9 Å². The topological polar surface area (TPSA) is 35.5 Å². The molecule has 2 aromatic carbocycles. The molecule has 3 rings (SSSR count). The maximum absolute atomic E-state index is 13.2. The Hall–Kier alpha value is -2.53. The van der Waals surface area contributed by atoms with Gasteiger partial charge in [0.05, 0.1) is 24.3 Å². The Morgan fingerprint density at radius 1 is 0.793 bits per heavy atom. The Balaban J connectivity index is 0.000000212. The third-order valence-electron chi connectivity index (χ3n) is 3.69. The number of hydrogen-bond donors (Lipinski definition) is 0. The highest BCUT2D eigenvalue weighted by Crippen LogP contribution is 2.34. The molecule has 1 saturated heterocycles. The summed E-state index contributed by atoms with van der Waals surface area (Å²) in [6, 6.07) is 2.10. The lowest BCUT2D eigenvalue weighted by molar-refractivity contribution is -0.0471. The van der Waals surface area contributed by atoms with Gasteiger partial charge in [0, 0.05) is 23.3 Å². The van der Waals surface area contributed by atoms with Gasteiger partial charge in [0.25, 0.3) is 12.9 Å². The third-order valence-corrected chi connectivity index (χ3v) is 3.69. The molecule has 0 bridgehead atoms. The van der Waals surface area contributed by atoms with E-state index in [1.165, 1.54) is 0 Å². The normalized spacial score (nSPS) is 14.3. The van der Waals surface area contributed by atoms with Crippen LogP contribution < -0.4 is 0 Å². The summed E-state index contributed by atoms with van der Waals surface area (Å²) in [4.78, 5) is 10.2. The lowest BCUT2D eigenvalue weighted by Crippen LogP contribution is -2.07. The summed E-state index contributed by atoms with van der Waals surface area (Å²) < 4.78 is 110. The third kappa shape index (κ3) is 5.51. The molecule has 0 spiro atoms. The molecule has 0 aliphatic carbocycles. The summed E-state index contributed by atoms with van der Waals surface area (Å²) in [6.07, 6.45) is -7.29. The standard InChI is InChI=1S/C10H8F4O2.C8H4F4O/c11-5-3-6(10-15-1-2-16-10)8(9(13)14)7(12)4-5;9-5-1-4(3-13)7(8(11)12)6(10)2-5/h3-4,9-10H,1-2H2;1-3,8H. The zero-order chi connectivity index (χ0) is 21.7. The van der Waals surface area contributed by atoms with Crippen LogP contribution in [0.25, 0.3) is 0 Å². The number of halogens is 8. The van der Waals surface area contributed by atoms with Crippen LogP contribution in [-0.2, 0) is 9.47 Å². The predicted octanol–water partition coefficient (Wildman–Crippen LogP) is 5.66. The van der Waals surface area contributed by atoms with Crippen LogP contribution in [-0.4, -0.2) is 19.5 Å². The molecule has 0 N–H and O–H groups in total. The molecule has 0 radical (unpaired) electrons. The van der Waals surface area contributed by atoms with E-state index in [0.29, 0.717) is 18.2 Å². The Labute approximate surface area is 158 Å². The molecule has 0 atom stereocenters. The van der Waals surface area contributed by atoms with Gasteiger partial charge in [0.15, 0.2) is 12.6 Å². The van der Waals surface area contributed by atoms with Crippen molar-refractivity contribution in [2.24, 2.45) is 0 Å². The zero-order valence-corrected chi connectivity index (χ0v) is 14.3. The fourth-order valence-electron chi connectivity index (χ4n) is 2.50. The summed E-state index contributed by atoms with van der Waals surface area (Å²) in [6.45, 7) is 0.428. The first-order valence-electron chi connectivity index (χ1n) is 7.88. The summed E-state index contributed by atoms with van der Waals surface area (Å²) in [5.41, 5.74) is -2.87. The van der Waals surface area contributed by atoms with Crippen molar-refractivity contribution in [3.8, 4) is 0 Å². The molecule has 0 amide bonds. The minimum absolute atomic E-state index is 0.00630. The summed E-state index contributed by atoms with van der Waals surface area (Å²) >= 11 is 0. The largest absolute Gasteiger partial charge is 0.346 e. The zero-order valence-electron chi connectivity index (χ0n) is 14.3. The highest BCUT2D eigenvalue weighted by Gasteiger charge is 2.28. The monoisotopic (exact) mass is 428 g/mol. The van der Waals surface area contributed by atoms with Crippen molar-refractivity contribution in [2.75, 3.05) is 13.2 Å². The molecule has 1 fully saturated rings. The van der Waals surface area contributed by atoms with Gasteiger partial charge < -0.3 is 9.47 Å². The van der Waals surface area contributed by atoms with E-state index in [-0.39, 0.29) is 25.1 Å². The first-order valence-corrected chi connectivity index (χ1v) is 7.88. The molecule has 1 aliphatic heterocycles. The maximum Gasteiger partial charge on any atom is 0.267 e. The molecule has 158 valence electrons. The molecule has 29 heavy (non-hydrogen) atoms. The van der Waals surface area contributed by atoms with Gasteiger partial charge in [-0.25, -0.2) is 35.1 Å². The van der Waals surface area contributed by atoms with E-state index < -0.39 is 59.1 Å². The maximum atomic E-state index is 13.2. The molecule has 1 aliphatic rings. The van der Waals surface area contributed by atoms with Crippen LogP contribution in [0.2, 0.25) is 0 Å². The van der Waals surface area contributed by atoms with Crippen molar-refractivity contribution in [3.05, 3.63) is 69.8 Å². The van der Waals surface area contributed by atoms with E-state index in [2.05, 4.69) is 0 Å². The number of carbonyl (C=O) groups is 1. The van der Waals surface area contributed by atoms with Gasteiger partial charge >= 0.3 is 0 Å². The van der Waals surface area contributed by atoms with Crippen molar-refractivity contribution in [2.45, 2.75) is 19.1 Å². The highest BCUT2D eigenvalue weighted by atomic mass is 19.3. The SMILES string of the molecule is Fc1cc(F)c(C(F)F)c(C2OCCO2)c1.O=Cc1cc(F)cc(F)c1C(F)F. The second kappa shape index (κ2) is 9.79. The van der Waals surface area contributed by atoms with Crippen molar-refractivity contribution in [3.63, 3.8) is 0 Å². The second-order valence-corrected chi connectivity index (χ2v) is 5.57. The number of benzene rings is 2. The van der Waals surface area contributed by atoms with Crippen LogP contribution in [0.4, 0.5) is 35.1 Å². The van der Waals surface area contributed by atoms with E-state index in [1.54, 1.807) is 0 Å². The van der Waals surface area contributed by atoms with Gasteiger partial charge in [-0.1, -0.05) is 0 Å². The molecule has 2 aromatic rings. The minimum Gasteiger partial charge on any atom is -0.346 e. The van der Waals surface area contributed by atoms with Crippen molar-refractivity contribution in [1.82, 2.24) is 0 Å². The van der Waals surface area contributed by atoms with Crippen LogP contribution in [0.5, 0.6) is 0 Å². The Bertz CT molecular complexity index is 867. The van der Waals surface area contributed by atoms with Crippen molar-refractivity contribution in [1.29, 1.82) is 0 Å². The van der Waals surface area contributed by atoms with Crippen LogP contribution in [0.15, 0.2) is 24.3 Å². The lowest BCUT2D eigenvalue weighted by atomic mass is 10.1. The van der Waals surface area contributed by atoms with Gasteiger partial charge in [-0.3, -0.25) is 4.79 Å². The van der Waals surface area contributed by atoms with Gasteiger partial charge in [-0.2, -0.15) is 0 Å². The van der Waals surface area contributed by atoms with E-state index >= 15 is 0 Å². The molecule has 3 nitrogen and oxygen atoms in total. The number of carbonyl (C=O) groups excluding carboxylic acids is 1. The smallest absolute Gasteiger partial charge is 0.267 e. The van der Waals surface area contributed by atoms with Gasteiger partial charge in [0.1, 0.15) is 23.3 Å². The first kappa shape index (κ1) is 22.8. The number of ether oxygens (including phenoxy) is 2. The Morgan fingerprint density at radius 3 is 1.76 bits per heavy atom. The molecule has 0 aromatic heterocycles. The molecular weight excluding hydrogens is 416 g/mol. The summed E-state index contributed by atoms with van der Waals surface area (Å²) in [5, 5.41) is 0. The number of aldehydes is 1.